The first-order chi connectivity index (χ1) is 6.50. The fourth-order valence-corrected chi connectivity index (χ4v) is 1.31. The number of nitrogens with two attached hydrogens (primary N) is 1. The minimum Gasteiger partial charge on any atom is -0.387 e. The highest BCUT2D eigenvalue weighted by Gasteiger charge is 2.02. The fraction of sp³-hybridized carbons (Fsp3) is 0.364. The molecule has 0 aromatic heterocycles. The van der Waals surface area contributed by atoms with Crippen LogP contribution in [0.3, 0.4) is 0 Å². The van der Waals surface area contributed by atoms with E-state index >= 15 is 0 Å². The zero-order valence-corrected chi connectivity index (χ0v) is 10.3. The van der Waals surface area contributed by atoms with Crippen molar-refractivity contribution in [2.24, 2.45) is 16.6 Å². The number of aryl methyl sites for hydroxylation is 1. The van der Waals surface area contributed by atoms with Crippen molar-refractivity contribution in [1.82, 2.24) is 0 Å². The van der Waals surface area contributed by atoms with Gasteiger partial charge in [-0.05, 0) is 40.5 Å². The summed E-state index contributed by atoms with van der Waals surface area (Å²) in [6.45, 7) is 6.10. The summed E-state index contributed by atoms with van der Waals surface area (Å²) in [5, 5.41) is 0. The first-order valence-corrected chi connectivity index (χ1v) is 5.40. The van der Waals surface area contributed by atoms with E-state index in [-0.39, 0.29) is 5.92 Å². The lowest BCUT2D eigenvalue weighted by atomic mass is 10.2. The number of hydrogen-bond acceptors (Lipinski definition) is 1. The minimum absolute atomic E-state index is 0.280. The molecule has 76 valence electrons. The normalized spacial score (nSPS) is 12.2. The number of benzene rings is 1. The van der Waals surface area contributed by atoms with Gasteiger partial charge in [0.1, 0.15) is 5.84 Å². The summed E-state index contributed by atoms with van der Waals surface area (Å²) in [6, 6.07) is 6.04. The van der Waals surface area contributed by atoms with E-state index in [0.29, 0.717) is 5.84 Å². The van der Waals surface area contributed by atoms with E-state index in [0.717, 1.165) is 10.2 Å². The molecule has 3 heteroatoms. The number of aliphatic imine (C=N–C) groups is 1. The van der Waals surface area contributed by atoms with Crippen LogP contribution in [-0.2, 0) is 0 Å². The molecule has 0 atom stereocenters. The first-order valence-electron chi connectivity index (χ1n) is 4.61. The Balaban J connectivity index is 3.07. The van der Waals surface area contributed by atoms with Gasteiger partial charge in [-0.15, -0.1) is 0 Å². The first kappa shape index (κ1) is 11.2. The van der Waals surface area contributed by atoms with Gasteiger partial charge >= 0.3 is 0 Å². The Bertz CT molecular complexity index is 356. The molecule has 1 rings (SSSR count). The second-order valence-corrected chi connectivity index (χ2v) is 4.50. The minimum atomic E-state index is 0.280. The van der Waals surface area contributed by atoms with E-state index in [1.165, 1.54) is 5.56 Å². The van der Waals surface area contributed by atoms with Crippen LogP contribution in [0.5, 0.6) is 0 Å². The summed E-state index contributed by atoms with van der Waals surface area (Å²) >= 11 is 3.45. The quantitative estimate of drug-likeness (QED) is 0.638. The van der Waals surface area contributed by atoms with Gasteiger partial charge in [0, 0.05) is 10.4 Å². The van der Waals surface area contributed by atoms with Gasteiger partial charge in [0.05, 0.1) is 5.69 Å². The molecule has 0 fully saturated rings. The van der Waals surface area contributed by atoms with Crippen LogP contribution in [0.15, 0.2) is 27.7 Å². The monoisotopic (exact) mass is 254 g/mol. The van der Waals surface area contributed by atoms with Crippen molar-refractivity contribution in [3.63, 3.8) is 0 Å². The maximum Gasteiger partial charge on any atom is 0.102 e. The molecule has 2 nitrogen and oxygen atoms in total. The predicted octanol–water partition coefficient (Wildman–Crippen LogP) is 3.40. The Morgan fingerprint density at radius 1 is 1.43 bits per heavy atom. The van der Waals surface area contributed by atoms with Crippen LogP contribution in [0.1, 0.15) is 19.4 Å². The van der Waals surface area contributed by atoms with Crippen molar-refractivity contribution >= 4 is 27.5 Å². The molecule has 0 saturated carbocycles. The van der Waals surface area contributed by atoms with Gasteiger partial charge in [-0.25, -0.2) is 4.99 Å². The summed E-state index contributed by atoms with van der Waals surface area (Å²) in [5.74, 6) is 0.943. The number of nitrogens with zero attached hydrogens (tertiary/aromatic N) is 1. The molecule has 14 heavy (non-hydrogen) atoms. The maximum atomic E-state index is 5.80. The van der Waals surface area contributed by atoms with Crippen LogP contribution in [-0.4, -0.2) is 5.84 Å². The van der Waals surface area contributed by atoms with Crippen LogP contribution >= 0.6 is 15.9 Å². The van der Waals surface area contributed by atoms with E-state index in [1.807, 2.05) is 39.0 Å². The summed E-state index contributed by atoms with van der Waals surface area (Å²) in [7, 11) is 0. The molecule has 0 bridgehead atoms. The highest BCUT2D eigenvalue weighted by molar-refractivity contribution is 9.10. The Hall–Kier alpha value is -0.830. The van der Waals surface area contributed by atoms with Crippen LogP contribution in [0.25, 0.3) is 0 Å². The molecule has 0 unspecified atom stereocenters. The van der Waals surface area contributed by atoms with E-state index in [2.05, 4.69) is 20.9 Å². The molecule has 1 aromatic carbocycles. The average molecular weight is 255 g/mol. The predicted molar refractivity (Wildman–Crippen MR) is 65.0 cm³/mol. The number of amidine groups is 1. The van der Waals surface area contributed by atoms with Gasteiger partial charge in [0.2, 0.25) is 0 Å². The molecule has 0 aliphatic heterocycles. The molecule has 0 spiro atoms. The fourth-order valence-electron chi connectivity index (χ4n) is 0.977. The van der Waals surface area contributed by atoms with Crippen molar-refractivity contribution < 1.29 is 0 Å². The Morgan fingerprint density at radius 3 is 2.64 bits per heavy atom. The van der Waals surface area contributed by atoms with Crippen molar-refractivity contribution in [1.29, 1.82) is 0 Å². The van der Waals surface area contributed by atoms with E-state index < -0.39 is 0 Å². The van der Waals surface area contributed by atoms with Crippen molar-refractivity contribution in [3.05, 3.63) is 28.2 Å². The molecule has 1 aromatic rings. The topological polar surface area (TPSA) is 38.4 Å². The third kappa shape index (κ3) is 2.84. The molecule has 0 saturated heterocycles. The van der Waals surface area contributed by atoms with E-state index in [4.69, 9.17) is 5.73 Å². The van der Waals surface area contributed by atoms with Crippen molar-refractivity contribution in [3.8, 4) is 0 Å². The number of hydrogen-bond donors (Lipinski definition) is 1. The molecular weight excluding hydrogens is 240 g/mol. The molecular formula is C11H15BrN2. The van der Waals surface area contributed by atoms with Gasteiger partial charge in [-0.3, -0.25) is 0 Å². The maximum absolute atomic E-state index is 5.80. The lowest BCUT2D eigenvalue weighted by Gasteiger charge is -2.05. The number of halogens is 1. The zero-order chi connectivity index (χ0) is 10.7. The van der Waals surface area contributed by atoms with Gasteiger partial charge in [0.15, 0.2) is 0 Å². The Kier molecular flexibility index (Phi) is 3.69. The smallest absolute Gasteiger partial charge is 0.102 e. The third-order valence-electron chi connectivity index (χ3n) is 1.94. The Morgan fingerprint density at radius 2 is 2.07 bits per heavy atom. The molecule has 0 heterocycles. The molecule has 0 radical (unpaired) electrons. The molecule has 2 N–H and O–H groups in total. The van der Waals surface area contributed by atoms with Gasteiger partial charge in [-0.2, -0.15) is 0 Å². The van der Waals surface area contributed by atoms with Crippen LogP contribution in [0, 0.1) is 12.8 Å². The highest BCUT2D eigenvalue weighted by Crippen LogP contribution is 2.26. The van der Waals surface area contributed by atoms with Crippen molar-refractivity contribution in [2.75, 3.05) is 0 Å². The van der Waals surface area contributed by atoms with E-state index in [1.54, 1.807) is 0 Å². The van der Waals surface area contributed by atoms with Gasteiger partial charge < -0.3 is 5.73 Å². The lowest BCUT2D eigenvalue weighted by molar-refractivity contribution is 0.873. The lowest BCUT2D eigenvalue weighted by Crippen LogP contribution is -2.18. The zero-order valence-electron chi connectivity index (χ0n) is 8.71. The largest absolute Gasteiger partial charge is 0.387 e. The highest BCUT2D eigenvalue weighted by atomic mass is 79.9. The summed E-state index contributed by atoms with van der Waals surface area (Å²) in [5.41, 5.74) is 7.88. The number of rotatable bonds is 2. The molecule has 0 amide bonds. The van der Waals surface area contributed by atoms with Gasteiger partial charge in [-0.1, -0.05) is 19.9 Å². The van der Waals surface area contributed by atoms with Crippen molar-refractivity contribution in [2.45, 2.75) is 20.8 Å². The average Bonchev–Trinajstić information content (AvgIpc) is 2.11. The Labute approximate surface area is 93.4 Å². The van der Waals surface area contributed by atoms with E-state index in [9.17, 15) is 0 Å². The SMILES string of the molecule is Cc1ccc(Br)c(N=C(N)C(C)C)c1. The van der Waals surface area contributed by atoms with Crippen LogP contribution in [0.4, 0.5) is 5.69 Å². The summed E-state index contributed by atoms with van der Waals surface area (Å²) in [6.07, 6.45) is 0. The molecule has 0 aliphatic carbocycles. The second-order valence-electron chi connectivity index (χ2n) is 3.65. The standard InChI is InChI=1S/C11H15BrN2/c1-7(2)11(13)14-10-6-8(3)4-5-9(10)12/h4-7H,1-3H3,(H2,13,14). The summed E-state index contributed by atoms with van der Waals surface area (Å²) in [4.78, 5) is 4.37. The third-order valence-corrected chi connectivity index (χ3v) is 2.61. The van der Waals surface area contributed by atoms with Crippen LogP contribution < -0.4 is 5.73 Å². The molecule has 0 aliphatic rings. The summed E-state index contributed by atoms with van der Waals surface area (Å²) < 4.78 is 0.978. The van der Waals surface area contributed by atoms with Gasteiger partial charge in [0.25, 0.3) is 0 Å². The second kappa shape index (κ2) is 4.60. The van der Waals surface area contributed by atoms with Crippen LogP contribution in [0.2, 0.25) is 0 Å².